The number of rotatable bonds is 1. The summed E-state index contributed by atoms with van der Waals surface area (Å²) < 4.78 is 5.24. The minimum Gasteiger partial charge on any atom is -0.481 e. The smallest absolute Gasteiger partial charge is 0.311 e. The molecule has 2 rings (SSSR count). The number of ether oxygens (including phenoxy) is 1. The Hall–Kier alpha value is -0.870. The molecule has 0 unspecified atom stereocenters. The summed E-state index contributed by atoms with van der Waals surface area (Å²) in [4.78, 5) is 10.6. The van der Waals surface area contributed by atoms with Crippen LogP contribution < -0.4 is 5.73 Å². The van der Waals surface area contributed by atoms with E-state index in [2.05, 4.69) is 0 Å². The zero-order chi connectivity index (χ0) is 8.01. The molecule has 0 spiro atoms. The second-order valence-corrected chi connectivity index (χ2v) is 2.89. The number of carbonyl (C=O) groups is 1. The summed E-state index contributed by atoms with van der Waals surface area (Å²) in [6.07, 6.45) is 3.12. The summed E-state index contributed by atoms with van der Waals surface area (Å²) in [5.74, 6) is -1.42. The van der Waals surface area contributed by atoms with Crippen LogP contribution in [0.5, 0.6) is 0 Å². The highest BCUT2D eigenvalue weighted by Gasteiger charge is 2.47. The first-order chi connectivity index (χ1) is 5.20. The van der Waals surface area contributed by atoms with Gasteiger partial charge in [-0.3, -0.25) is 4.79 Å². The van der Waals surface area contributed by atoms with Gasteiger partial charge in [-0.15, -0.1) is 0 Å². The van der Waals surface area contributed by atoms with Crippen LogP contribution in [0.4, 0.5) is 0 Å². The third-order valence-corrected chi connectivity index (χ3v) is 2.24. The predicted molar refractivity (Wildman–Crippen MR) is 36.9 cm³/mol. The molecule has 11 heavy (non-hydrogen) atoms. The van der Waals surface area contributed by atoms with E-state index in [1.54, 1.807) is 6.08 Å². The van der Waals surface area contributed by atoms with Gasteiger partial charge in [0.2, 0.25) is 0 Å². The molecule has 0 saturated carbocycles. The Kier molecular flexibility index (Phi) is 1.27. The highest BCUT2D eigenvalue weighted by atomic mass is 16.5. The summed E-state index contributed by atoms with van der Waals surface area (Å²) in [5, 5.41) is 8.71. The van der Waals surface area contributed by atoms with E-state index in [9.17, 15) is 4.79 Å². The molecule has 60 valence electrons. The average Bonchev–Trinajstić information content (AvgIpc) is 2.44. The molecule has 2 bridgehead atoms. The van der Waals surface area contributed by atoms with Crippen molar-refractivity contribution in [2.24, 2.45) is 11.7 Å². The van der Waals surface area contributed by atoms with Crippen molar-refractivity contribution < 1.29 is 14.6 Å². The van der Waals surface area contributed by atoms with Crippen molar-refractivity contribution in [2.75, 3.05) is 0 Å². The first kappa shape index (κ1) is 6.82. The van der Waals surface area contributed by atoms with Crippen molar-refractivity contribution in [1.82, 2.24) is 0 Å². The van der Waals surface area contributed by atoms with E-state index in [1.165, 1.54) is 0 Å². The van der Waals surface area contributed by atoms with Gasteiger partial charge in [0.05, 0.1) is 18.2 Å². The van der Waals surface area contributed by atoms with Crippen LogP contribution in [0.1, 0.15) is 0 Å². The summed E-state index contributed by atoms with van der Waals surface area (Å²) in [5.41, 5.74) is 5.61. The molecule has 3 N–H and O–H groups in total. The number of nitrogens with two attached hydrogens (primary N) is 1. The van der Waals surface area contributed by atoms with Crippen molar-refractivity contribution in [3.63, 3.8) is 0 Å². The van der Waals surface area contributed by atoms with Crippen LogP contribution in [-0.4, -0.2) is 29.3 Å². The second kappa shape index (κ2) is 2.06. The van der Waals surface area contributed by atoms with Gasteiger partial charge < -0.3 is 15.6 Å². The molecule has 2 aliphatic rings. The molecule has 4 heteroatoms. The fourth-order valence-electron chi connectivity index (χ4n) is 1.64. The molecule has 4 atom stereocenters. The van der Waals surface area contributed by atoms with Crippen LogP contribution in [0, 0.1) is 5.92 Å². The van der Waals surface area contributed by atoms with Crippen molar-refractivity contribution >= 4 is 5.97 Å². The Morgan fingerprint density at radius 2 is 2.09 bits per heavy atom. The van der Waals surface area contributed by atoms with Gasteiger partial charge in [0.25, 0.3) is 0 Å². The Labute approximate surface area is 63.6 Å². The summed E-state index contributed by atoms with van der Waals surface area (Å²) in [6, 6.07) is -0.373. The maximum Gasteiger partial charge on any atom is 0.311 e. The SMILES string of the molecule is N[C@H]1[C@@H](C(=O)O)[C@H]2C=C[C@@H]1O2. The molecule has 1 fully saturated rings. The van der Waals surface area contributed by atoms with Crippen LogP contribution >= 0.6 is 0 Å². The van der Waals surface area contributed by atoms with Gasteiger partial charge in [-0.25, -0.2) is 0 Å². The molecule has 0 amide bonds. The summed E-state index contributed by atoms with van der Waals surface area (Å²) in [6.45, 7) is 0. The molecule has 4 nitrogen and oxygen atoms in total. The minimum absolute atomic E-state index is 0.180. The summed E-state index contributed by atoms with van der Waals surface area (Å²) in [7, 11) is 0. The third kappa shape index (κ3) is 0.797. The maximum absolute atomic E-state index is 10.6. The van der Waals surface area contributed by atoms with Crippen LogP contribution in [0.15, 0.2) is 12.2 Å². The lowest BCUT2D eigenvalue weighted by atomic mass is 9.90. The van der Waals surface area contributed by atoms with Crippen LogP contribution in [0.3, 0.4) is 0 Å². The van der Waals surface area contributed by atoms with Gasteiger partial charge in [0.15, 0.2) is 0 Å². The molecule has 0 aromatic heterocycles. The van der Waals surface area contributed by atoms with Crippen molar-refractivity contribution in [3.8, 4) is 0 Å². The normalized spacial score (nSPS) is 46.6. The zero-order valence-corrected chi connectivity index (χ0v) is 5.81. The predicted octanol–water partition coefficient (Wildman–Crippen LogP) is -0.648. The number of hydrogen-bond acceptors (Lipinski definition) is 3. The van der Waals surface area contributed by atoms with E-state index in [1.807, 2.05) is 6.08 Å². The standard InChI is InChI=1S/C7H9NO3/c8-6-4-2-1-3(11-4)5(6)7(9)10/h1-6H,8H2,(H,9,10)/t3-,4+,5+,6-/m1/s1. The monoisotopic (exact) mass is 155 g/mol. The Bertz CT molecular complexity index is 226. The maximum atomic E-state index is 10.6. The van der Waals surface area contributed by atoms with Gasteiger partial charge in [-0.2, -0.15) is 0 Å². The topological polar surface area (TPSA) is 72.6 Å². The molecule has 2 heterocycles. The molecule has 1 saturated heterocycles. The Morgan fingerprint density at radius 1 is 1.45 bits per heavy atom. The molecule has 0 aliphatic carbocycles. The van der Waals surface area contributed by atoms with Gasteiger partial charge in [0.1, 0.15) is 5.92 Å². The molecule has 0 aromatic rings. The largest absolute Gasteiger partial charge is 0.481 e. The number of fused-ring (bicyclic) bond motifs is 2. The Morgan fingerprint density at radius 3 is 2.45 bits per heavy atom. The fourth-order valence-corrected chi connectivity index (χ4v) is 1.64. The molecular formula is C7H9NO3. The van der Waals surface area contributed by atoms with Crippen LogP contribution in [0.25, 0.3) is 0 Å². The van der Waals surface area contributed by atoms with Gasteiger partial charge in [-0.05, 0) is 0 Å². The van der Waals surface area contributed by atoms with E-state index < -0.39 is 11.9 Å². The van der Waals surface area contributed by atoms with Gasteiger partial charge in [-0.1, -0.05) is 12.2 Å². The quantitative estimate of drug-likeness (QED) is 0.493. The highest BCUT2D eigenvalue weighted by molar-refractivity contribution is 5.73. The van der Waals surface area contributed by atoms with Crippen LogP contribution in [0.2, 0.25) is 0 Å². The lowest BCUT2D eigenvalue weighted by Gasteiger charge is -2.16. The van der Waals surface area contributed by atoms with E-state index in [0.717, 1.165) is 0 Å². The van der Waals surface area contributed by atoms with E-state index in [-0.39, 0.29) is 18.2 Å². The average molecular weight is 155 g/mol. The number of carboxylic acids is 1. The first-order valence-corrected chi connectivity index (χ1v) is 3.52. The number of carboxylic acid groups (broad SMARTS) is 1. The first-order valence-electron chi connectivity index (χ1n) is 3.52. The molecule has 2 aliphatic heterocycles. The Balaban J connectivity index is 2.25. The lowest BCUT2D eigenvalue weighted by Crippen LogP contribution is -2.41. The van der Waals surface area contributed by atoms with Crippen LogP contribution in [-0.2, 0) is 9.53 Å². The van der Waals surface area contributed by atoms with Gasteiger partial charge in [0, 0.05) is 0 Å². The molecule has 0 aromatic carbocycles. The minimum atomic E-state index is -0.866. The lowest BCUT2D eigenvalue weighted by molar-refractivity contribution is -0.143. The zero-order valence-electron chi connectivity index (χ0n) is 5.81. The number of aliphatic carboxylic acids is 1. The molecular weight excluding hydrogens is 146 g/mol. The van der Waals surface area contributed by atoms with E-state index in [0.29, 0.717) is 0 Å². The fraction of sp³-hybridized carbons (Fsp3) is 0.571. The summed E-state index contributed by atoms with van der Waals surface area (Å²) >= 11 is 0. The highest BCUT2D eigenvalue weighted by Crippen LogP contribution is 2.32. The molecule has 0 radical (unpaired) electrons. The third-order valence-electron chi connectivity index (χ3n) is 2.24. The van der Waals surface area contributed by atoms with Crippen molar-refractivity contribution in [2.45, 2.75) is 18.2 Å². The second-order valence-electron chi connectivity index (χ2n) is 2.89. The van der Waals surface area contributed by atoms with Crippen molar-refractivity contribution in [1.29, 1.82) is 0 Å². The van der Waals surface area contributed by atoms with Crippen molar-refractivity contribution in [3.05, 3.63) is 12.2 Å². The number of hydrogen-bond donors (Lipinski definition) is 2. The van der Waals surface area contributed by atoms with E-state index in [4.69, 9.17) is 15.6 Å². The van der Waals surface area contributed by atoms with E-state index >= 15 is 0 Å². The van der Waals surface area contributed by atoms with Gasteiger partial charge >= 0.3 is 5.97 Å².